The largest absolute Gasteiger partial charge is 0.274 e. The molecule has 1 aromatic rings. The molecule has 0 bridgehead atoms. The van der Waals surface area contributed by atoms with E-state index in [-0.39, 0.29) is 11.8 Å². The van der Waals surface area contributed by atoms with Crippen LogP contribution in [0.4, 0.5) is 4.39 Å². The zero-order valence-electron chi connectivity index (χ0n) is 9.65. The van der Waals surface area contributed by atoms with Gasteiger partial charge in [0.25, 0.3) is 11.8 Å². The molecule has 2 rings (SSSR count). The fraction of sp³-hybridized carbons (Fsp3) is 0.385. The van der Waals surface area contributed by atoms with Crippen LogP contribution >= 0.6 is 0 Å². The van der Waals surface area contributed by atoms with Gasteiger partial charge in [0, 0.05) is 6.54 Å². The van der Waals surface area contributed by atoms with Gasteiger partial charge in [-0.25, -0.2) is 4.39 Å². The number of hydrogen-bond acceptors (Lipinski definition) is 2. The van der Waals surface area contributed by atoms with Crippen LogP contribution in [0.5, 0.6) is 0 Å². The fourth-order valence-electron chi connectivity index (χ4n) is 1.97. The summed E-state index contributed by atoms with van der Waals surface area (Å²) < 4.78 is 12.6. The maximum absolute atomic E-state index is 12.6. The van der Waals surface area contributed by atoms with E-state index in [1.807, 2.05) is 0 Å². The van der Waals surface area contributed by atoms with Gasteiger partial charge in [-0.1, -0.05) is 12.1 Å². The molecule has 3 nitrogen and oxygen atoms in total. The smallest absolute Gasteiger partial charge is 0.261 e. The van der Waals surface area contributed by atoms with Crippen molar-refractivity contribution in [1.82, 2.24) is 4.90 Å². The normalized spacial score (nSPS) is 16.2. The number of benzene rings is 1. The van der Waals surface area contributed by atoms with Crippen molar-refractivity contribution in [2.75, 3.05) is 6.54 Å². The van der Waals surface area contributed by atoms with Crippen LogP contribution in [0.1, 0.15) is 40.5 Å². The molecule has 1 atom stereocenters. The molecule has 0 saturated carbocycles. The number of imide groups is 1. The average Bonchev–Trinajstić information content (AvgIpc) is 2.54. The number of carbonyl (C=O) groups is 2. The van der Waals surface area contributed by atoms with Crippen molar-refractivity contribution in [3.8, 4) is 0 Å². The molecule has 0 radical (unpaired) electrons. The van der Waals surface area contributed by atoms with Gasteiger partial charge in [-0.3, -0.25) is 14.5 Å². The Kier molecular flexibility index (Phi) is 3.22. The van der Waals surface area contributed by atoms with Crippen molar-refractivity contribution >= 4 is 11.8 Å². The number of carbonyl (C=O) groups excluding carboxylic acids is 2. The highest BCUT2D eigenvalue weighted by molar-refractivity contribution is 6.21. The van der Waals surface area contributed by atoms with Crippen LogP contribution in [0.25, 0.3) is 0 Å². The van der Waals surface area contributed by atoms with Gasteiger partial charge in [-0.05, 0) is 31.9 Å². The lowest BCUT2D eigenvalue weighted by Gasteiger charge is -2.13. The van der Waals surface area contributed by atoms with Crippen molar-refractivity contribution in [1.29, 1.82) is 0 Å². The van der Waals surface area contributed by atoms with Crippen LogP contribution in [-0.2, 0) is 0 Å². The minimum absolute atomic E-state index is 0.267. The van der Waals surface area contributed by atoms with Crippen LogP contribution in [0.3, 0.4) is 0 Å². The lowest BCUT2D eigenvalue weighted by atomic mass is 10.1. The molecular weight excluding hydrogens is 221 g/mol. The lowest BCUT2D eigenvalue weighted by molar-refractivity contribution is 0.0648. The van der Waals surface area contributed by atoms with Crippen molar-refractivity contribution in [3.63, 3.8) is 0 Å². The summed E-state index contributed by atoms with van der Waals surface area (Å²) in [6.07, 6.45) is -0.0264. The summed E-state index contributed by atoms with van der Waals surface area (Å²) in [5, 5.41) is 0. The third-order valence-electron chi connectivity index (χ3n) is 2.86. The van der Waals surface area contributed by atoms with Crippen molar-refractivity contribution in [3.05, 3.63) is 35.4 Å². The van der Waals surface area contributed by atoms with Gasteiger partial charge in [0.15, 0.2) is 0 Å². The molecule has 1 aromatic carbocycles. The zero-order chi connectivity index (χ0) is 12.4. The van der Waals surface area contributed by atoms with E-state index in [9.17, 15) is 14.0 Å². The second-order valence-electron chi connectivity index (χ2n) is 4.23. The van der Waals surface area contributed by atoms with Crippen LogP contribution in [0, 0.1) is 0 Å². The van der Waals surface area contributed by atoms with Gasteiger partial charge in [0.2, 0.25) is 0 Å². The quantitative estimate of drug-likeness (QED) is 0.751. The third-order valence-corrected chi connectivity index (χ3v) is 2.86. The molecule has 0 saturated heterocycles. The van der Waals surface area contributed by atoms with Gasteiger partial charge in [-0.2, -0.15) is 0 Å². The summed E-state index contributed by atoms with van der Waals surface area (Å²) in [5.74, 6) is -0.533. The molecule has 1 heterocycles. The van der Waals surface area contributed by atoms with Crippen LogP contribution in [-0.4, -0.2) is 29.4 Å². The Morgan fingerprint density at radius 3 is 2.18 bits per heavy atom. The van der Waals surface area contributed by atoms with E-state index in [4.69, 9.17) is 0 Å². The Morgan fingerprint density at radius 2 is 1.71 bits per heavy atom. The Bertz CT molecular complexity index is 421. The number of halogens is 1. The molecule has 0 spiro atoms. The number of fused-ring (bicyclic) bond motifs is 1. The van der Waals surface area contributed by atoms with E-state index in [2.05, 4.69) is 0 Å². The van der Waals surface area contributed by atoms with Crippen LogP contribution in [0.15, 0.2) is 24.3 Å². The predicted octanol–water partition coefficient (Wildman–Crippen LogP) is 2.42. The average molecular weight is 235 g/mol. The Balaban J connectivity index is 2.08. The highest BCUT2D eigenvalue weighted by Gasteiger charge is 2.34. The SMILES string of the molecule is C[C@H](F)CCCN1C(=O)c2ccccc2C1=O. The Labute approximate surface area is 99.2 Å². The van der Waals surface area contributed by atoms with E-state index < -0.39 is 6.17 Å². The minimum atomic E-state index is -0.898. The highest BCUT2D eigenvalue weighted by atomic mass is 19.1. The maximum atomic E-state index is 12.6. The first-order valence-corrected chi connectivity index (χ1v) is 5.70. The van der Waals surface area contributed by atoms with E-state index >= 15 is 0 Å². The first-order chi connectivity index (χ1) is 8.11. The first-order valence-electron chi connectivity index (χ1n) is 5.70. The van der Waals surface area contributed by atoms with Gasteiger partial charge in [0.05, 0.1) is 17.3 Å². The number of amides is 2. The molecule has 2 amide bonds. The maximum Gasteiger partial charge on any atom is 0.261 e. The van der Waals surface area contributed by atoms with Crippen molar-refractivity contribution < 1.29 is 14.0 Å². The van der Waals surface area contributed by atoms with Gasteiger partial charge >= 0.3 is 0 Å². The molecule has 0 fully saturated rings. The second-order valence-corrected chi connectivity index (χ2v) is 4.23. The van der Waals surface area contributed by atoms with Crippen molar-refractivity contribution in [2.24, 2.45) is 0 Å². The third kappa shape index (κ3) is 2.20. The summed E-state index contributed by atoms with van der Waals surface area (Å²) in [6, 6.07) is 6.76. The van der Waals surface area contributed by atoms with E-state index in [0.29, 0.717) is 30.5 Å². The summed E-state index contributed by atoms with van der Waals surface area (Å²) in [6.45, 7) is 1.77. The summed E-state index contributed by atoms with van der Waals surface area (Å²) >= 11 is 0. The predicted molar refractivity (Wildman–Crippen MR) is 61.6 cm³/mol. The number of alkyl halides is 1. The van der Waals surface area contributed by atoms with Gasteiger partial charge < -0.3 is 0 Å². The summed E-state index contributed by atoms with van der Waals surface area (Å²) in [4.78, 5) is 25.0. The second kappa shape index (κ2) is 4.65. The number of hydrogen-bond donors (Lipinski definition) is 0. The molecule has 0 N–H and O–H groups in total. The van der Waals surface area contributed by atoms with Gasteiger partial charge in [-0.15, -0.1) is 0 Å². The lowest BCUT2D eigenvalue weighted by Crippen LogP contribution is -2.30. The molecule has 17 heavy (non-hydrogen) atoms. The molecule has 1 aliphatic heterocycles. The molecule has 0 aromatic heterocycles. The molecule has 90 valence electrons. The molecular formula is C13H14FNO2. The molecule has 0 aliphatic carbocycles. The van der Waals surface area contributed by atoms with E-state index in [1.165, 1.54) is 11.8 Å². The van der Waals surface area contributed by atoms with Crippen LogP contribution < -0.4 is 0 Å². The van der Waals surface area contributed by atoms with Crippen LogP contribution in [0.2, 0.25) is 0 Å². The molecule has 1 aliphatic rings. The van der Waals surface area contributed by atoms with E-state index in [0.717, 1.165) is 0 Å². The first kappa shape index (κ1) is 11.8. The molecule has 0 unspecified atom stereocenters. The standard InChI is InChI=1S/C13H14FNO2/c1-9(14)5-4-8-15-12(16)10-6-2-3-7-11(10)13(15)17/h2-3,6-7,9H,4-5,8H2,1H3/t9-/m0/s1. The van der Waals surface area contributed by atoms with Gasteiger partial charge in [0.1, 0.15) is 0 Å². The number of rotatable bonds is 4. The Hall–Kier alpha value is -1.71. The topological polar surface area (TPSA) is 37.4 Å². The summed E-state index contributed by atoms with van der Waals surface area (Å²) in [7, 11) is 0. The zero-order valence-corrected chi connectivity index (χ0v) is 9.65. The van der Waals surface area contributed by atoms with Crippen molar-refractivity contribution in [2.45, 2.75) is 25.9 Å². The van der Waals surface area contributed by atoms with E-state index in [1.54, 1.807) is 24.3 Å². The molecule has 4 heteroatoms. The minimum Gasteiger partial charge on any atom is -0.274 e. The number of nitrogens with zero attached hydrogens (tertiary/aromatic N) is 1. The summed E-state index contributed by atoms with van der Waals surface area (Å²) in [5.41, 5.74) is 0.900. The monoisotopic (exact) mass is 235 g/mol. The Morgan fingerprint density at radius 1 is 1.18 bits per heavy atom. The fourth-order valence-corrected chi connectivity index (χ4v) is 1.97. The highest BCUT2D eigenvalue weighted by Crippen LogP contribution is 2.22.